The number of hydrogen-bond acceptors (Lipinski definition) is 2. The highest BCUT2D eigenvalue weighted by atomic mass is 15.2. The molecule has 0 amide bonds. The molecule has 2 aliphatic rings. The minimum absolute atomic E-state index is 0.906. The van der Waals surface area contributed by atoms with Crippen LogP contribution in [0.3, 0.4) is 0 Å². The Kier molecular flexibility index (Phi) is 4.66. The summed E-state index contributed by atoms with van der Waals surface area (Å²) in [6.45, 7) is 4.92. The first-order chi connectivity index (χ1) is 7.86. The van der Waals surface area contributed by atoms with E-state index in [-0.39, 0.29) is 0 Å². The lowest BCUT2D eigenvalue weighted by Crippen LogP contribution is -2.55. The third-order valence-electron chi connectivity index (χ3n) is 4.56. The van der Waals surface area contributed by atoms with Gasteiger partial charge >= 0.3 is 0 Å². The summed E-state index contributed by atoms with van der Waals surface area (Å²) in [5, 5.41) is 3.36. The molecule has 0 radical (unpaired) electrons. The van der Waals surface area contributed by atoms with Gasteiger partial charge in [-0.1, -0.05) is 19.8 Å². The highest BCUT2D eigenvalue weighted by Gasteiger charge is 2.38. The zero-order valence-electron chi connectivity index (χ0n) is 11.0. The van der Waals surface area contributed by atoms with Crippen LogP contribution in [0.15, 0.2) is 0 Å². The van der Waals surface area contributed by atoms with Crippen molar-refractivity contribution in [3.8, 4) is 0 Å². The van der Waals surface area contributed by atoms with Crippen LogP contribution in [0.1, 0.15) is 51.9 Å². The molecule has 0 aromatic heterocycles. The molecule has 2 heteroatoms. The maximum Gasteiger partial charge on any atom is 0.0139 e. The van der Waals surface area contributed by atoms with Crippen LogP contribution in [-0.2, 0) is 0 Å². The van der Waals surface area contributed by atoms with Crippen molar-refractivity contribution in [1.82, 2.24) is 10.2 Å². The first-order valence-electron chi connectivity index (χ1n) is 7.27. The molecule has 2 rings (SSSR count). The summed E-state index contributed by atoms with van der Waals surface area (Å²) in [4.78, 5) is 2.86. The molecule has 16 heavy (non-hydrogen) atoms. The van der Waals surface area contributed by atoms with Gasteiger partial charge in [-0.25, -0.2) is 0 Å². The van der Waals surface area contributed by atoms with Crippen LogP contribution in [0.4, 0.5) is 0 Å². The predicted octanol–water partition coefficient (Wildman–Crippen LogP) is 2.64. The van der Waals surface area contributed by atoms with Gasteiger partial charge in [-0.15, -0.1) is 0 Å². The van der Waals surface area contributed by atoms with E-state index in [0.29, 0.717) is 0 Å². The summed E-state index contributed by atoms with van der Waals surface area (Å²) >= 11 is 0. The molecule has 0 aromatic rings. The van der Waals surface area contributed by atoms with Gasteiger partial charge in [0, 0.05) is 12.1 Å². The highest BCUT2D eigenvalue weighted by molar-refractivity contribution is 4.93. The molecule has 1 N–H and O–H groups in total. The normalized spacial score (nSPS) is 36.0. The summed E-state index contributed by atoms with van der Waals surface area (Å²) in [5.74, 6) is 0.933. The molecular weight excluding hydrogens is 196 g/mol. The van der Waals surface area contributed by atoms with E-state index in [0.717, 1.165) is 18.0 Å². The Hall–Kier alpha value is -0.0800. The summed E-state index contributed by atoms with van der Waals surface area (Å²) in [5.41, 5.74) is 0. The number of hydrogen-bond donors (Lipinski definition) is 1. The van der Waals surface area contributed by atoms with Crippen molar-refractivity contribution < 1.29 is 0 Å². The summed E-state index contributed by atoms with van der Waals surface area (Å²) in [6.07, 6.45) is 10.0. The topological polar surface area (TPSA) is 15.3 Å². The number of likely N-dealkylation sites (tertiary alicyclic amines) is 1. The predicted molar refractivity (Wildman–Crippen MR) is 69.7 cm³/mol. The van der Waals surface area contributed by atoms with Gasteiger partial charge in [0.05, 0.1) is 0 Å². The fourth-order valence-corrected chi connectivity index (χ4v) is 3.59. The van der Waals surface area contributed by atoms with E-state index in [1.54, 1.807) is 0 Å². The fourth-order valence-electron chi connectivity index (χ4n) is 3.59. The Labute approximate surface area is 101 Å². The van der Waals surface area contributed by atoms with Crippen molar-refractivity contribution in [2.75, 3.05) is 20.1 Å². The van der Waals surface area contributed by atoms with Crippen molar-refractivity contribution in [2.45, 2.75) is 64.0 Å². The molecule has 1 saturated heterocycles. The third-order valence-corrected chi connectivity index (χ3v) is 4.56. The molecule has 1 heterocycles. The molecule has 1 aliphatic carbocycles. The zero-order chi connectivity index (χ0) is 11.4. The van der Waals surface area contributed by atoms with Crippen LogP contribution in [-0.4, -0.2) is 37.1 Å². The van der Waals surface area contributed by atoms with Gasteiger partial charge < -0.3 is 5.32 Å². The number of piperidine rings is 1. The number of nitrogens with zero attached hydrogens (tertiary/aromatic N) is 1. The van der Waals surface area contributed by atoms with Crippen molar-refractivity contribution in [3.05, 3.63) is 0 Å². The van der Waals surface area contributed by atoms with Gasteiger partial charge in [0.25, 0.3) is 0 Å². The Morgan fingerprint density at radius 3 is 2.69 bits per heavy atom. The van der Waals surface area contributed by atoms with E-state index in [4.69, 9.17) is 0 Å². The first-order valence-corrected chi connectivity index (χ1v) is 7.27. The third kappa shape index (κ3) is 2.60. The van der Waals surface area contributed by atoms with Crippen LogP contribution in [0.25, 0.3) is 0 Å². The standard InChI is InChI=1S/C14H28N2/c1-3-6-13-7-4-5-10-16(13)14-9-8-12(14)11-15-2/h12-15H,3-11H2,1-2H3. The van der Waals surface area contributed by atoms with Gasteiger partial charge in [0.1, 0.15) is 0 Å². The van der Waals surface area contributed by atoms with Crippen LogP contribution in [0.5, 0.6) is 0 Å². The largest absolute Gasteiger partial charge is 0.319 e. The van der Waals surface area contributed by atoms with Crippen molar-refractivity contribution in [3.63, 3.8) is 0 Å². The molecule has 0 spiro atoms. The molecule has 3 atom stereocenters. The second-order valence-corrected chi connectivity index (χ2v) is 5.64. The molecule has 1 aliphatic heterocycles. The average Bonchev–Trinajstić information content (AvgIpc) is 2.27. The Balaban J connectivity index is 1.89. The second-order valence-electron chi connectivity index (χ2n) is 5.64. The SMILES string of the molecule is CCCC1CCCCN1C1CCC1CNC. The van der Waals surface area contributed by atoms with E-state index < -0.39 is 0 Å². The van der Waals surface area contributed by atoms with Gasteiger partial charge in [-0.05, 0) is 58.2 Å². The number of nitrogens with one attached hydrogen (secondary N) is 1. The van der Waals surface area contributed by atoms with E-state index in [1.165, 1.54) is 58.0 Å². The van der Waals surface area contributed by atoms with E-state index >= 15 is 0 Å². The Bertz CT molecular complexity index is 203. The molecule has 94 valence electrons. The molecule has 3 unspecified atom stereocenters. The summed E-state index contributed by atoms with van der Waals surface area (Å²) in [6, 6.07) is 1.81. The minimum atomic E-state index is 0.906. The molecule has 0 bridgehead atoms. The maximum atomic E-state index is 3.36. The smallest absolute Gasteiger partial charge is 0.0139 e. The maximum absolute atomic E-state index is 3.36. The van der Waals surface area contributed by atoms with Gasteiger partial charge in [0.15, 0.2) is 0 Å². The number of rotatable bonds is 5. The van der Waals surface area contributed by atoms with Crippen molar-refractivity contribution >= 4 is 0 Å². The second kappa shape index (κ2) is 6.02. The Morgan fingerprint density at radius 1 is 1.19 bits per heavy atom. The molecular formula is C14H28N2. The molecule has 0 aromatic carbocycles. The molecule has 1 saturated carbocycles. The van der Waals surface area contributed by atoms with E-state index in [1.807, 2.05) is 0 Å². The molecule has 2 nitrogen and oxygen atoms in total. The summed E-state index contributed by atoms with van der Waals surface area (Å²) < 4.78 is 0. The Morgan fingerprint density at radius 2 is 2.06 bits per heavy atom. The quantitative estimate of drug-likeness (QED) is 0.772. The van der Waals surface area contributed by atoms with E-state index in [9.17, 15) is 0 Å². The van der Waals surface area contributed by atoms with Crippen LogP contribution in [0.2, 0.25) is 0 Å². The minimum Gasteiger partial charge on any atom is -0.319 e. The summed E-state index contributed by atoms with van der Waals surface area (Å²) in [7, 11) is 2.09. The van der Waals surface area contributed by atoms with Gasteiger partial charge in [0.2, 0.25) is 0 Å². The lowest BCUT2D eigenvalue weighted by molar-refractivity contribution is 0.00495. The van der Waals surface area contributed by atoms with Crippen LogP contribution < -0.4 is 5.32 Å². The molecule has 2 fully saturated rings. The zero-order valence-corrected chi connectivity index (χ0v) is 11.0. The van der Waals surface area contributed by atoms with Crippen LogP contribution in [0, 0.1) is 5.92 Å². The lowest BCUT2D eigenvalue weighted by atomic mass is 9.76. The monoisotopic (exact) mass is 224 g/mol. The van der Waals surface area contributed by atoms with Crippen LogP contribution >= 0.6 is 0 Å². The van der Waals surface area contributed by atoms with Gasteiger partial charge in [-0.3, -0.25) is 4.90 Å². The van der Waals surface area contributed by atoms with Crippen molar-refractivity contribution in [2.24, 2.45) is 5.92 Å². The van der Waals surface area contributed by atoms with Gasteiger partial charge in [-0.2, -0.15) is 0 Å². The van der Waals surface area contributed by atoms with Crippen molar-refractivity contribution in [1.29, 1.82) is 0 Å². The van der Waals surface area contributed by atoms with E-state index in [2.05, 4.69) is 24.2 Å². The first kappa shape index (κ1) is 12.4. The lowest BCUT2D eigenvalue weighted by Gasteiger charge is -2.50. The highest BCUT2D eigenvalue weighted by Crippen LogP contribution is 2.36. The fraction of sp³-hybridized carbons (Fsp3) is 1.00. The average molecular weight is 224 g/mol.